The third-order valence-electron chi connectivity index (χ3n) is 1.94. The zero-order valence-corrected chi connectivity index (χ0v) is 10.2. The Morgan fingerprint density at radius 3 is 3.00 bits per heavy atom. The Kier molecular flexibility index (Phi) is 5.62. The van der Waals surface area contributed by atoms with E-state index in [-0.39, 0.29) is 18.5 Å². The molecule has 1 aromatic rings. The van der Waals surface area contributed by atoms with E-state index >= 15 is 0 Å². The highest BCUT2D eigenvalue weighted by Crippen LogP contribution is 2.12. The quantitative estimate of drug-likeness (QED) is 0.822. The predicted octanol–water partition coefficient (Wildman–Crippen LogP) is 2.20. The first-order chi connectivity index (χ1) is 8.11. The van der Waals surface area contributed by atoms with Gasteiger partial charge in [0.05, 0.1) is 6.04 Å². The Balaban J connectivity index is 2.48. The van der Waals surface area contributed by atoms with E-state index in [0.29, 0.717) is 11.5 Å². The second kappa shape index (κ2) is 7.01. The number of rotatable bonds is 6. The van der Waals surface area contributed by atoms with E-state index in [9.17, 15) is 9.18 Å². The lowest BCUT2D eigenvalue weighted by atomic mass is 10.3. The van der Waals surface area contributed by atoms with Crippen LogP contribution in [0.25, 0.3) is 0 Å². The summed E-state index contributed by atoms with van der Waals surface area (Å²) in [4.78, 5) is 10.5. The largest absolute Gasteiger partial charge is 0.491 e. The number of hydrogen-bond acceptors (Lipinski definition) is 3. The fourth-order valence-electron chi connectivity index (χ4n) is 1.26. The summed E-state index contributed by atoms with van der Waals surface area (Å²) in [6.45, 7) is 0.177. The molecule has 1 aromatic carbocycles. The molecule has 0 unspecified atom stereocenters. The van der Waals surface area contributed by atoms with Crippen LogP contribution in [0.2, 0.25) is 0 Å². The minimum absolute atomic E-state index is 0.177. The average Bonchev–Trinajstić information content (AvgIpc) is 2.26. The molecule has 0 fully saturated rings. The summed E-state index contributed by atoms with van der Waals surface area (Å²) in [5.41, 5.74) is 0. The second-order valence-corrected chi connectivity index (χ2v) is 4.28. The molecule has 94 valence electrons. The van der Waals surface area contributed by atoms with E-state index in [0.717, 1.165) is 0 Å². The summed E-state index contributed by atoms with van der Waals surface area (Å²) in [6, 6.07) is 5.43. The van der Waals surface area contributed by atoms with Crippen molar-refractivity contribution in [2.24, 2.45) is 0 Å². The molecule has 4 nitrogen and oxygen atoms in total. The summed E-state index contributed by atoms with van der Waals surface area (Å²) in [5, 5.41) is 11.0. The van der Waals surface area contributed by atoms with Crippen LogP contribution < -0.4 is 10.1 Å². The minimum Gasteiger partial charge on any atom is -0.491 e. The Bertz CT molecular complexity index is 375. The Hall–Kier alpha value is -1.43. The van der Waals surface area contributed by atoms with Crippen molar-refractivity contribution in [2.45, 2.75) is 6.04 Å². The van der Waals surface area contributed by atoms with E-state index < -0.39 is 6.09 Å². The van der Waals surface area contributed by atoms with E-state index in [4.69, 9.17) is 9.84 Å². The maximum absolute atomic E-state index is 12.9. The van der Waals surface area contributed by atoms with Crippen LogP contribution in [0.15, 0.2) is 24.3 Å². The van der Waals surface area contributed by atoms with Crippen molar-refractivity contribution in [3.8, 4) is 5.75 Å². The topological polar surface area (TPSA) is 58.6 Å². The molecule has 0 bridgehead atoms. The molecule has 0 saturated carbocycles. The fourth-order valence-corrected chi connectivity index (χ4v) is 1.84. The summed E-state index contributed by atoms with van der Waals surface area (Å²) in [5.74, 6) is 0.611. The summed E-state index contributed by atoms with van der Waals surface area (Å²) >= 11 is 1.51. The molecule has 1 rings (SSSR count). The van der Waals surface area contributed by atoms with Gasteiger partial charge in [-0.05, 0) is 18.4 Å². The molecular formula is C11H14FNO3S. The summed E-state index contributed by atoms with van der Waals surface area (Å²) < 4.78 is 18.2. The lowest BCUT2D eigenvalue weighted by molar-refractivity contribution is 0.183. The number of ether oxygens (including phenoxy) is 1. The number of amides is 1. The van der Waals surface area contributed by atoms with Crippen LogP contribution in [0.4, 0.5) is 9.18 Å². The maximum atomic E-state index is 12.9. The van der Waals surface area contributed by atoms with Gasteiger partial charge in [-0.15, -0.1) is 0 Å². The van der Waals surface area contributed by atoms with Crippen LogP contribution in [0.5, 0.6) is 5.75 Å². The van der Waals surface area contributed by atoms with Gasteiger partial charge in [0, 0.05) is 11.8 Å². The standard InChI is InChI=1S/C11H14FNO3S/c1-17-7-9(13-11(14)15)6-16-10-4-2-3-8(12)5-10/h2-5,9,13H,6-7H2,1H3,(H,14,15)/t9-/m1/s1. The van der Waals surface area contributed by atoms with Crippen LogP contribution in [0.3, 0.4) is 0 Å². The molecule has 0 aliphatic heterocycles. The van der Waals surface area contributed by atoms with Crippen molar-refractivity contribution in [2.75, 3.05) is 18.6 Å². The molecule has 0 radical (unpaired) electrons. The van der Waals surface area contributed by atoms with Gasteiger partial charge in [0.1, 0.15) is 18.2 Å². The number of carbonyl (C=O) groups is 1. The van der Waals surface area contributed by atoms with Gasteiger partial charge in [-0.1, -0.05) is 6.07 Å². The van der Waals surface area contributed by atoms with E-state index in [1.54, 1.807) is 12.1 Å². The highest BCUT2D eigenvalue weighted by molar-refractivity contribution is 7.98. The molecule has 0 aromatic heterocycles. The molecule has 1 amide bonds. The molecule has 6 heteroatoms. The van der Waals surface area contributed by atoms with Crippen LogP contribution in [0, 0.1) is 5.82 Å². The molecule has 0 saturated heterocycles. The monoisotopic (exact) mass is 259 g/mol. The Morgan fingerprint density at radius 2 is 2.41 bits per heavy atom. The molecule has 2 N–H and O–H groups in total. The zero-order chi connectivity index (χ0) is 12.7. The SMILES string of the molecule is CSC[C@@H](COc1cccc(F)c1)NC(=O)O. The van der Waals surface area contributed by atoms with Gasteiger partial charge in [-0.25, -0.2) is 9.18 Å². The first-order valence-corrected chi connectivity index (χ1v) is 6.38. The molecule has 0 spiro atoms. The lowest BCUT2D eigenvalue weighted by Crippen LogP contribution is -2.40. The van der Waals surface area contributed by atoms with Gasteiger partial charge in [0.15, 0.2) is 0 Å². The summed E-state index contributed by atoms with van der Waals surface area (Å²) in [6.07, 6.45) is 0.783. The maximum Gasteiger partial charge on any atom is 0.405 e. The molecule has 17 heavy (non-hydrogen) atoms. The lowest BCUT2D eigenvalue weighted by Gasteiger charge is -2.16. The van der Waals surface area contributed by atoms with Crippen molar-refractivity contribution in [1.82, 2.24) is 5.32 Å². The van der Waals surface area contributed by atoms with E-state index in [1.165, 1.54) is 23.9 Å². The highest BCUT2D eigenvalue weighted by Gasteiger charge is 2.11. The molecule has 0 aliphatic carbocycles. The predicted molar refractivity (Wildman–Crippen MR) is 65.2 cm³/mol. The zero-order valence-electron chi connectivity index (χ0n) is 9.35. The Morgan fingerprint density at radius 1 is 1.65 bits per heavy atom. The van der Waals surface area contributed by atoms with E-state index in [1.807, 2.05) is 6.26 Å². The molecule has 0 aliphatic rings. The van der Waals surface area contributed by atoms with Gasteiger partial charge in [-0.2, -0.15) is 11.8 Å². The molecule has 0 heterocycles. The number of thioether (sulfide) groups is 1. The van der Waals surface area contributed by atoms with Crippen molar-refractivity contribution in [3.63, 3.8) is 0 Å². The smallest absolute Gasteiger partial charge is 0.405 e. The number of nitrogens with one attached hydrogen (secondary N) is 1. The van der Waals surface area contributed by atoms with Crippen molar-refractivity contribution in [3.05, 3.63) is 30.1 Å². The minimum atomic E-state index is -1.09. The van der Waals surface area contributed by atoms with E-state index in [2.05, 4.69) is 5.32 Å². The van der Waals surface area contributed by atoms with Crippen LogP contribution in [-0.2, 0) is 0 Å². The second-order valence-electron chi connectivity index (χ2n) is 3.37. The molecular weight excluding hydrogens is 245 g/mol. The van der Waals surface area contributed by atoms with Gasteiger partial charge in [-0.3, -0.25) is 0 Å². The normalized spacial score (nSPS) is 11.9. The van der Waals surface area contributed by atoms with Gasteiger partial charge in [0.2, 0.25) is 0 Å². The Labute approximate surface area is 103 Å². The third-order valence-corrected chi connectivity index (χ3v) is 2.68. The number of benzene rings is 1. The van der Waals surface area contributed by atoms with Crippen molar-refractivity contribution < 1.29 is 19.0 Å². The van der Waals surface area contributed by atoms with Crippen LogP contribution >= 0.6 is 11.8 Å². The van der Waals surface area contributed by atoms with Crippen molar-refractivity contribution in [1.29, 1.82) is 0 Å². The number of hydrogen-bond donors (Lipinski definition) is 2. The van der Waals surface area contributed by atoms with Gasteiger partial charge < -0.3 is 15.2 Å². The fraction of sp³-hybridized carbons (Fsp3) is 0.364. The van der Waals surface area contributed by atoms with Gasteiger partial charge >= 0.3 is 6.09 Å². The average molecular weight is 259 g/mol. The third kappa shape index (κ3) is 5.44. The highest BCUT2D eigenvalue weighted by atomic mass is 32.2. The van der Waals surface area contributed by atoms with Crippen LogP contribution in [-0.4, -0.2) is 35.9 Å². The molecule has 1 atom stereocenters. The van der Waals surface area contributed by atoms with Gasteiger partial charge in [0.25, 0.3) is 0 Å². The number of carboxylic acid groups (broad SMARTS) is 1. The first-order valence-electron chi connectivity index (χ1n) is 4.98. The van der Waals surface area contributed by atoms with Crippen molar-refractivity contribution >= 4 is 17.9 Å². The number of halogens is 1. The van der Waals surface area contributed by atoms with Crippen LogP contribution in [0.1, 0.15) is 0 Å². The first kappa shape index (κ1) is 13.6. The summed E-state index contributed by atoms with van der Waals surface area (Å²) in [7, 11) is 0.